The average Bonchev–Trinajstić information content (AvgIpc) is 3.19. The van der Waals surface area contributed by atoms with Gasteiger partial charge < -0.3 is 20.5 Å². The molecule has 4 aromatic rings. The lowest BCUT2D eigenvalue weighted by Gasteiger charge is -2.16. The molecule has 0 aliphatic carbocycles. The van der Waals surface area contributed by atoms with Crippen molar-refractivity contribution in [2.24, 2.45) is 5.73 Å². The second-order valence-corrected chi connectivity index (χ2v) is 8.40. The van der Waals surface area contributed by atoms with Crippen LogP contribution in [-0.4, -0.2) is 32.8 Å². The topological polar surface area (TPSA) is 107 Å². The number of carbonyl (C=O) groups is 1. The van der Waals surface area contributed by atoms with Crippen molar-refractivity contribution >= 4 is 34.9 Å². The Kier molecular flexibility index (Phi) is 6.82. The van der Waals surface area contributed by atoms with E-state index in [0.717, 1.165) is 23.6 Å². The van der Waals surface area contributed by atoms with Gasteiger partial charge in [0.25, 0.3) is 0 Å². The van der Waals surface area contributed by atoms with E-state index >= 15 is 0 Å². The zero-order valence-electron chi connectivity index (χ0n) is 18.4. The fourth-order valence-electron chi connectivity index (χ4n) is 3.30. The van der Waals surface area contributed by atoms with Gasteiger partial charge in [-0.3, -0.25) is 9.20 Å². The van der Waals surface area contributed by atoms with E-state index in [2.05, 4.69) is 20.2 Å². The molecule has 0 aliphatic heterocycles. The number of ether oxygens (including phenoxy) is 1. The van der Waals surface area contributed by atoms with Crippen LogP contribution in [0.3, 0.4) is 0 Å². The summed E-state index contributed by atoms with van der Waals surface area (Å²) in [5.74, 6) is -0.325. The predicted octanol–water partition coefficient (Wildman–Crippen LogP) is 4.75. The first-order valence-electron chi connectivity index (χ1n) is 10.4. The molecule has 2 heterocycles. The third-order valence-corrected chi connectivity index (χ3v) is 5.54. The highest BCUT2D eigenvalue weighted by atomic mass is 32.2. The highest BCUT2D eigenvalue weighted by Crippen LogP contribution is 2.38. The highest BCUT2D eigenvalue weighted by molar-refractivity contribution is 8.00. The van der Waals surface area contributed by atoms with Gasteiger partial charge in [0.15, 0.2) is 17.2 Å². The third kappa shape index (κ3) is 5.04. The van der Waals surface area contributed by atoms with Gasteiger partial charge in [-0.25, -0.2) is 8.78 Å². The second kappa shape index (κ2) is 9.96. The molecule has 4 rings (SSSR count). The van der Waals surface area contributed by atoms with Crippen LogP contribution >= 0.6 is 11.9 Å². The summed E-state index contributed by atoms with van der Waals surface area (Å²) in [6.07, 6.45) is 1.82. The van der Waals surface area contributed by atoms with Gasteiger partial charge in [0.2, 0.25) is 5.91 Å². The number of hydrogen-bond donors (Lipinski definition) is 3. The van der Waals surface area contributed by atoms with E-state index in [-0.39, 0.29) is 12.3 Å². The molecule has 0 radical (unpaired) electrons. The molecule has 0 spiro atoms. The van der Waals surface area contributed by atoms with Crippen molar-refractivity contribution in [2.75, 3.05) is 22.3 Å². The molecule has 4 N–H and O–H groups in total. The normalized spacial score (nSPS) is 10.9. The van der Waals surface area contributed by atoms with Gasteiger partial charge in [0.1, 0.15) is 17.4 Å². The van der Waals surface area contributed by atoms with Crippen LogP contribution in [0.5, 0.6) is 11.5 Å². The maximum absolute atomic E-state index is 14.3. The summed E-state index contributed by atoms with van der Waals surface area (Å²) in [7, 11) is 0. The molecule has 2 aromatic heterocycles. The van der Waals surface area contributed by atoms with Crippen LogP contribution in [0.4, 0.5) is 20.2 Å². The van der Waals surface area contributed by atoms with Crippen LogP contribution < -0.4 is 20.5 Å². The fraction of sp³-hybridized carbons (Fsp3) is 0.174. The van der Waals surface area contributed by atoms with Crippen LogP contribution in [-0.2, 0) is 4.79 Å². The number of fused-ring (bicyclic) bond motifs is 1. The number of aromatic nitrogens is 3. The Labute approximate surface area is 198 Å². The summed E-state index contributed by atoms with van der Waals surface area (Å²) in [5, 5.41) is 11.3. The Morgan fingerprint density at radius 3 is 2.68 bits per heavy atom. The number of nitrogens with zero attached hydrogens (tertiary/aromatic N) is 3. The number of carbonyl (C=O) groups excluding carboxylic acids is 1. The summed E-state index contributed by atoms with van der Waals surface area (Å²) in [6.45, 7) is 3.72. The van der Waals surface area contributed by atoms with Crippen molar-refractivity contribution in [1.82, 2.24) is 14.6 Å². The minimum absolute atomic E-state index is 0.0933. The van der Waals surface area contributed by atoms with Gasteiger partial charge in [-0.2, -0.15) is 0 Å². The number of amides is 1. The number of aryl methyl sites for hydroxylation is 1. The van der Waals surface area contributed by atoms with E-state index in [4.69, 9.17) is 10.5 Å². The van der Waals surface area contributed by atoms with E-state index in [1.54, 1.807) is 29.5 Å². The van der Waals surface area contributed by atoms with E-state index in [1.165, 1.54) is 18.0 Å². The van der Waals surface area contributed by atoms with Crippen molar-refractivity contribution in [1.29, 1.82) is 0 Å². The number of nitrogens with two attached hydrogens (primary N) is 1. The van der Waals surface area contributed by atoms with Crippen LogP contribution in [0, 0.1) is 18.6 Å². The summed E-state index contributed by atoms with van der Waals surface area (Å²) in [4.78, 5) is 11.4. The molecular formula is C23H22F2N6O2S. The van der Waals surface area contributed by atoms with Crippen LogP contribution in [0.1, 0.15) is 12.7 Å². The molecule has 11 heteroatoms. The minimum Gasteiger partial charge on any atom is -0.454 e. The molecule has 0 saturated heterocycles. The number of pyridine rings is 1. The monoisotopic (exact) mass is 484 g/mol. The highest BCUT2D eigenvalue weighted by Gasteiger charge is 2.16. The lowest BCUT2D eigenvalue weighted by molar-refractivity contribution is -0.116. The quantitative estimate of drug-likeness (QED) is 0.294. The minimum atomic E-state index is -0.816. The summed E-state index contributed by atoms with van der Waals surface area (Å²) in [5.41, 5.74) is 8.48. The zero-order chi connectivity index (χ0) is 24.2. The van der Waals surface area contributed by atoms with E-state index in [1.807, 2.05) is 19.2 Å². The summed E-state index contributed by atoms with van der Waals surface area (Å²) < 4.78 is 38.6. The maximum Gasteiger partial charge on any atom is 0.236 e. The van der Waals surface area contributed by atoms with Crippen molar-refractivity contribution < 1.29 is 18.3 Å². The standard InChI is InChI=1S/C23H22F2N6O2S/c1-3-34-30-16-5-7-20(33-21-6-4-15(24)9-18(21)25)17(10-16)14-8-19(27-11-22(26)32)23-29-28-13(2)31(23)12-14/h4-10,12,27,30H,3,11H2,1-2H3,(H2,26,32). The van der Waals surface area contributed by atoms with Crippen molar-refractivity contribution in [3.63, 3.8) is 0 Å². The van der Waals surface area contributed by atoms with Gasteiger partial charge >= 0.3 is 0 Å². The molecule has 2 aromatic carbocycles. The van der Waals surface area contributed by atoms with Crippen molar-refractivity contribution in [2.45, 2.75) is 13.8 Å². The first-order valence-corrected chi connectivity index (χ1v) is 11.4. The Morgan fingerprint density at radius 1 is 1.15 bits per heavy atom. The molecule has 0 unspecified atom stereocenters. The molecule has 176 valence electrons. The number of nitrogens with one attached hydrogen (secondary N) is 2. The van der Waals surface area contributed by atoms with Crippen molar-refractivity contribution in [3.05, 3.63) is 66.1 Å². The summed E-state index contributed by atoms with van der Waals surface area (Å²) in [6, 6.07) is 10.3. The molecule has 8 nitrogen and oxygen atoms in total. The summed E-state index contributed by atoms with van der Waals surface area (Å²) >= 11 is 1.52. The Bertz CT molecular complexity index is 1360. The Hall–Kier alpha value is -3.86. The molecule has 0 saturated carbocycles. The van der Waals surface area contributed by atoms with E-state index in [9.17, 15) is 13.6 Å². The number of rotatable bonds is 9. The number of halogens is 2. The lowest BCUT2D eigenvalue weighted by atomic mass is 10.0. The van der Waals surface area contributed by atoms with Crippen LogP contribution in [0.15, 0.2) is 48.7 Å². The smallest absolute Gasteiger partial charge is 0.236 e. The number of benzene rings is 2. The van der Waals surface area contributed by atoms with Gasteiger partial charge in [-0.1, -0.05) is 18.9 Å². The molecule has 0 aliphatic rings. The fourth-order valence-corrected chi connectivity index (χ4v) is 3.74. The third-order valence-electron chi connectivity index (χ3n) is 4.87. The molecule has 0 atom stereocenters. The molecule has 0 bridgehead atoms. The van der Waals surface area contributed by atoms with Gasteiger partial charge in [0, 0.05) is 34.8 Å². The first kappa shape index (κ1) is 23.3. The lowest BCUT2D eigenvalue weighted by Crippen LogP contribution is -2.22. The Morgan fingerprint density at radius 2 is 1.94 bits per heavy atom. The average molecular weight is 485 g/mol. The van der Waals surface area contributed by atoms with Crippen LogP contribution in [0.25, 0.3) is 16.8 Å². The molecule has 1 amide bonds. The molecule has 34 heavy (non-hydrogen) atoms. The number of primary amides is 1. The Balaban J connectivity index is 1.85. The number of anilines is 2. The SMILES string of the molecule is CCSNc1ccc(Oc2ccc(F)cc2F)c(-c2cc(NCC(N)=O)c3nnc(C)n3c2)c1. The second-order valence-electron chi connectivity index (χ2n) is 7.33. The molecule has 0 fully saturated rings. The van der Waals surface area contributed by atoms with E-state index in [0.29, 0.717) is 34.0 Å². The van der Waals surface area contributed by atoms with Gasteiger partial charge in [0.05, 0.1) is 12.2 Å². The van der Waals surface area contributed by atoms with Gasteiger partial charge in [-0.15, -0.1) is 10.2 Å². The van der Waals surface area contributed by atoms with Crippen molar-refractivity contribution in [3.8, 4) is 22.6 Å². The largest absolute Gasteiger partial charge is 0.454 e. The predicted molar refractivity (Wildman–Crippen MR) is 129 cm³/mol. The van der Waals surface area contributed by atoms with E-state index < -0.39 is 17.5 Å². The maximum atomic E-state index is 14.3. The first-order chi connectivity index (χ1) is 16.4. The van der Waals surface area contributed by atoms with Gasteiger partial charge in [-0.05, 0) is 43.3 Å². The zero-order valence-corrected chi connectivity index (χ0v) is 19.2. The van der Waals surface area contributed by atoms with Crippen LogP contribution in [0.2, 0.25) is 0 Å². The number of hydrogen-bond acceptors (Lipinski definition) is 7. The molecular weight excluding hydrogens is 462 g/mol.